The summed E-state index contributed by atoms with van der Waals surface area (Å²) in [6.45, 7) is 0.462. The smallest absolute Gasteiger partial charge is 0.235 e. The van der Waals surface area contributed by atoms with Crippen LogP contribution in [0.25, 0.3) is 16.5 Å². The van der Waals surface area contributed by atoms with E-state index < -0.39 is 0 Å². The highest BCUT2D eigenvalue weighted by molar-refractivity contribution is 7.16. The maximum Gasteiger partial charge on any atom is 0.235 e. The van der Waals surface area contributed by atoms with E-state index in [0.29, 0.717) is 28.2 Å². The van der Waals surface area contributed by atoms with E-state index in [0.717, 1.165) is 5.01 Å². The number of hydrogen-bond donors (Lipinski definition) is 0. The molecule has 0 aliphatic carbocycles. The molecule has 0 aliphatic heterocycles. The second kappa shape index (κ2) is 4.83. The molecule has 4 rings (SSSR count). The number of furan rings is 1. The Hall–Kier alpha value is -1.90. The third kappa shape index (κ3) is 2.11. The zero-order valence-corrected chi connectivity index (χ0v) is 12.6. The fourth-order valence-corrected chi connectivity index (χ4v) is 3.02. The maximum atomic E-state index is 6.04. The number of hydrogen-bond acceptors (Lipinski definition) is 6. The largest absolute Gasteiger partial charge is 0.461 e. The van der Waals surface area contributed by atoms with Gasteiger partial charge in [0.15, 0.2) is 10.9 Å². The summed E-state index contributed by atoms with van der Waals surface area (Å²) >= 11 is 13.3. The van der Waals surface area contributed by atoms with Gasteiger partial charge in [0.1, 0.15) is 10.2 Å². The molecule has 106 valence electrons. The molecule has 4 aromatic rings. The lowest BCUT2D eigenvalue weighted by Gasteiger charge is -1.98. The predicted octanol–water partition coefficient (Wildman–Crippen LogP) is 3.00. The van der Waals surface area contributed by atoms with Gasteiger partial charge in [-0.1, -0.05) is 34.5 Å². The summed E-state index contributed by atoms with van der Waals surface area (Å²) in [6.07, 6.45) is 3.15. The number of rotatable bonds is 3. The van der Waals surface area contributed by atoms with E-state index in [1.54, 1.807) is 27.7 Å². The first-order chi connectivity index (χ1) is 10.2. The Kier molecular flexibility index (Phi) is 2.95. The fourth-order valence-electron chi connectivity index (χ4n) is 1.88. The normalized spacial score (nSPS) is 11.5. The quantitative estimate of drug-likeness (QED) is 0.573. The molecule has 21 heavy (non-hydrogen) atoms. The molecule has 0 bridgehead atoms. The van der Waals surface area contributed by atoms with Gasteiger partial charge in [0, 0.05) is 0 Å². The molecule has 0 saturated heterocycles. The van der Waals surface area contributed by atoms with Crippen LogP contribution in [0.5, 0.6) is 0 Å². The zero-order valence-electron chi connectivity index (χ0n) is 10.3. The van der Waals surface area contributed by atoms with Crippen molar-refractivity contribution in [3.63, 3.8) is 0 Å². The van der Waals surface area contributed by atoms with E-state index >= 15 is 0 Å². The molecule has 0 radical (unpaired) electrons. The predicted molar refractivity (Wildman–Crippen MR) is 77.7 cm³/mol. The van der Waals surface area contributed by atoms with Gasteiger partial charge in [-0.2, -0.15) is 9.61 Å². The van der Waals surface area contributed by atoms with Crippen molar-refractivity contribution >= 4 is 39.5 Å². The lowest BCUT2D eigenvalue weighted by Crippen LogP contribution is -1.99. The standard InChI is InChI=1S/C11H6Cl2N6OS/c12-8-9(13)18(5-14-8)4-7-17-19-10(6-2-1-3-20-6)15-16-11(19)21-7/h1-3,5H,4H2. The molecule has 0 saturated carbocycles. The molecule has 0 aromatic carbocycles. The summed E-state index contributed by atoms with van der Waals surface area (Å²) in [5.41, 5.74) is 0. The van der Waals surface area contributed by atoms with Crippen LogP contribution in [0, 0.1) is 0 Å². The molecule has 4 heterocycles. The summed E-state index contributed by atoms with van der Waals surface area (Å²) < 4.78 is 8.68. The Labute approximate surface area is 131 Å². The Bertz CT molecular complexity index is 909. The van der Waals surface area contributed by atoms with Crippen LogP contribution in [-0.2, 0) is 6.54 Å². The first-order valence-corrected chi connectivity index (χ1v) is 7.41. The molecule has 0 N–H and O–H groups in total. The van der Waals surface area contributed by atoms with Crippen LogP contribution in [0.3, 0.4) is 0 Å². The van der Waals surface area contributed by atoms with E-state index in [9.17, 15) is 0 Å². The zero-order chi connectivity index (χ0) is 14.4. The number of fused-ring (bicyclic) bond motifs is 1. The lowest BCUT2D eigenvalue weighted by molar-refractivity contribution is 0.574. The van der Waals surface area contributed by atoms with Gasteiger partial charge in [0.25, 0.3) is 0 Å². The highest BCUT2D eigenvalue weighted by Gasteiger charge is 2.16. The van der Waals surface area contributed by atoms with Gasteiger partial charge in [-0.25, -0.2) is 4.98 Å². The van der Waals surface area contributed by atoms with Gasteiger partial charge in [-0.15, -0.1) is 10.2 Å². The molecule has 0 fully saturated rings. The monoisotopic (exact) mass is 340 g/mol. The Morgan fingerprint density at radius 2 is 2.19 bits per heavy atom. The minimum Gasteiger partial charge on any atom is -0.461 e. The van der Waals surface area contributed by atoms with Gasteiger partial charge >= 0.3 is 0 Å². The minimum atomic E-state index is 0.274. The lowest BCUT2D eigenvalue weighted by atomic mass is 10.4. The SMILES string of the molecule is Clc1ncn(Cc2nn3c(-c4ccco4)nnc3s2)c1Cl. The summed E-state index contributed by atoms with van der Waals surface area (Å²) in [4.78, 5) is 4.62. The molecule has 0 atom stereocenters. The van der Waals surface area contributed by atoms with Crippen LogP contribution in [-0.4, -0.2) is 29.4 Å². The Morgan fingerprint density at radius 1 is 1.29 bits per heavy atom. The van der Waals surface area contributed by atoms with Crippen LogP contribution >= 0.6 is 34.5 Å². The van der Waals surface area contributed by atoms with Crippen LogP contribution in [0.15, 0.2) is 29.1 Å². The first-order valence-electron chi connectivity index (χ1n) is 5.83. The number of imidazole rings is 1. The van der Waals surface area contributed by atoms with Gasteiger partial charge in [0.05, 0.1) is 19.1 Å². The van der Waals surface area contributed by atoms with E-state index in [-0.39, 0.29) is 5.15 Å². The Morgan fingerprint density at radius 3 is 2.90 bits per heavy atom. The van der Waals surface area contributed by atoms with Gasteiger partial charge in [-0.3, -0.25) is 0 Å². The van der Waals surface area contributed by atoms with E-state index in [2.05, 4.69) is 20.3 Å². The third-order valence-electron chi connectivity index (χ3n) is 2.81. The highest BCUT2D eigenvalue weighted by atomic mass is 35.5. The highest BCUT2D eigenvalue weighted by Crippen LogP contribution is 2.24. The maximum absolute atomic E-state index is 6.04. The summed E-state index contributed by atoms with van der Waals surface area (Å²) in [6, 6.07) is 3.60. The number of halogens is 2. The summed E-state index contributed by atoms with van der Waals surface area (Å²) in [5.74, 6) is 1.18. The first kappa shape index (κ1) is 12.8. The molecule has 0 spiro atoms. The molecule has 0 aliphatic rings. The van der Waals surface area contributed by atoms with Crippen molar-refractivity contribution in [3.8, 4) is 11.6 Å². The van der Waals surface area contributed by atoms with Crippen LogP contribution in [0.4, 0.5) is 0 Å². The molecule has 0 unspecified atom stereocenters. The third-order valence-corrected chi connectivity index (χ3v) is 4.47. The van der Waals surface area contributed by atoms with Crippen molar-refractivity contribution in [1.82, 2.24) is 29.4 Å². The van der Waals surface area contributed by atoms with E-state index in [1.165, 1.54) is 11.3 Å². The Balaban J connectivity index is 1.73. The summed E-state index contributed by atoms with van der Waals surface area (Å²) in [5, 5.41) is 14.1. The minimum absolute atomic E-state index is 0.274. The molecule has 0 amide bonds. The van der Waals surface area contributed by atoms with Crippen LogP contribution < -0.4 is 0 Å². The van der Waals surface area contributed by atoms with Gasteiger partial charge in [-0.05, 0) is 12.1 Å². The number of nitrogens with zero attached hydrogens (tertiary/aromatic N) is 6. The van der Waals surface area contributed by atoms with Crippen LogP contribution in [0.1, 0.15) is 5.01 Å². The van der Waals surface area contributed by atoms with Crippen molar-refractivity contribution in [2.45, 2.75) is 6.54 Å². The molecule has 7 nitrogen and oxygen atoms in total. The fraction of sp³-hybridized carbons (Fsp3) is 0.0909. The van der Waals surface area contributed by atoms with E-state index in [4.69, 9.17) is 27.6 Å². The second-order valence-electron chi connectivity index (χ2n) is 4.15. The molecular weight excluding hydrogens is 335 g/mol. The van der Waals surface area contributed by atoms with Gasteiger partial charge in [0.2, 0.25) is 10.8 Å². The molecule has 10 heteroatoms. The van der Waals surface area contributed by atoms with Crippen molar-refractivity contribution in [2.75, 3.05) is 0 Å². The van der Waals surface area contributed by atoms with Crippen molar-refractivity contribution in [3.05, 3.63) is 40.0 Å². The molecule has 4 aromatic heterocycles. The topological polar surface area (TPSA) is 74.0 Å². The average Bonchev–Trinajstić information content (AvgIpc) is 3.20. The number of aromatic nitrogens is 6. The van der Waals surface area contributed by atoms with E-state index in [1.807, 2.05) is 6.07 Å². The average molecular weight is 341 g/mol. The summed E-state index contributed by atoms with van der Waals surface area (Å²) in [7, 11) is 0. The second-order valence-corrected chi connectivity index (χ2v) is 5.90. The van der Waals surface area contributed by atoms with Crippen molar-refractivity contribution < 1.29 is 4.42 Å². The van der Waals surface area contributed by atoms with Crippen molar-refractivity contribution in [1.29, 1.82) is 0 Å². The van der Waals surface area contributed by atoms with Gasteiger partial charge < -0.3 is 8.98 Å². The van der Waals surface area contributed by atoms with Crippen LogP contribution in [0.2, 0.25) is 10.3 Å². The van der Waals surface area contributed by atoms with Crippen molar-refractivity contribution in [2.24, 2.45) is 0 Å². The molecular formula is C11H6Cl2N6OS.